The third-order valence-electron chi connectivity index (χ3n) is 2.61. The van der Waals surface area contributed by atoms with E-state index < -0.39 is 9.84 Å². The number of ether oxygens (including phenoxy) is 1. The highest BCUT2D eigenvalue weighted by atomic mass is 79.9. The van der Waals surface area contributed by atoms with Crippen LogP contribution in [0, 0.1) is 5.41 Å². The van der Waals surface area contributed by atoms with Crippen molar-refractivity contribution in [1.29, 1.82) is 0 Å². The molecule has 1 aromatic rings. The van der Waals surface area contributed by atoms with Crippen molar-refractivity contribution in [3.05, 3.63) is 28.7 Å². The van der Waals surface area contributed by atoms with E-state index in [1.165, 1.54) is 0 Å². The van der Waals surface area contributed by atoms with Crippen molar-refractivity contribution in [1.82, 2.24) is 0 Å². The van der Waals surface area contributed by atoms with Crippen molar-refractivity contribution in [2.24, 2.45) is 5.41 Å². The molecule has 0 unspecified atom stereocenters. The Morgan fingerprint density at radius 1 is 1.31 bits per heavy atom. The summed E-state index contributed by atoms with van der Waals surface area (Å²) >= 11 is 3.28. The molecule has 0 aromatic heterocycles. The maximum atomic E-state index is 12.1. The fourth-order valence-electron chi connectivity index (χ4n) is 1.72. The van der Waals surface area contributed by atoms with Crippen LogP contribution >= 0.6 is 15.9 Å². The monoisotopic (exact) mass is 304 g/mol. The molecular weight excluding hydrogens is 292 g/mol. The van der Waals surface area contributed by atoms with E-state index in [1.54, 1.807) is 24.3 Å². The van der Waals surface area contributed by atoms with Gasteiger partial charge in [-0.05, 0) is 24.3 Å². The zero-order valence-corrected chi connectivity index (χ0v) is 11.3. The summed E-state index contributed by atoms with van der Waals surface area (Å²) in [6.45, 7) is 3.00. The lowest BCUT2D eigenvalue weighted by molar-refractivity contribution is -0.0870. The predicted octanol–water partition coefficient (Wildman–Crippen LogP) is 2.26. The summed E-state index contributed by atoms with van der Waals surface area (Å²) in [6.07, 6.45) is 0. The summed E-state index contributed by atoms with van der Waals surface area (Å²) in [6, 6.07) is 6.74. The fraction of sp³-hybridized carbons (Fsp3) is 0.455. The summed E-state index contributed by atoms with van der Waals surface area (Å²) in [5.74, 6) is 0.154. The van der Waals surface area contributed by atoms with Crippen LogP contribution in [0.1, 0.15) is 6.92 Å². The van der Waals surface area contributed by atoms with Gasteiger partial charge >= 0.3 is 0 Å². The minimum atomic E-state index is -3.20. The number of halogens is 1. The predicted molar refractivity (Wildman–Crippen MR) is 65.1 cm³/mol. The lowest BCUT2D eigenvalue weighted by Gasteiger charge is -2.37. The first kappa shape index (κ1) is 12.1. The number of hydrogen-bond donors (Lipinski definition) is 0. The van der Waals surface area contributed by atoms with Gasteiger partial charge in [0, 0.05) is 9.89 Å². The van der Waals surface area contributed by atoms with Gasteiger partial charge in [0.05, 0.1) is 23.9 Å². The zero-order valence-electron chi connectivity index (χ0n) is 8.94. The highest BCUT2D eigenvalue weighted by molar-refractivity contribution is 9.10. The molecule has 1 aliphatic heterocycles. The largest absolute Gasteiger partial charge is 0.380 e. The average Bonchev–Trinajstić information content (AvgIpc) is 2.15. The lowest BCUT2D eigenvalue weighted by atomic mass is 9.92. The Morgan fingerprint density at radius 2 is 1.88 bits per heavy atom. The van der Waals surface area contributed by atoms with Gasteiger partial charge in [-0.1, -0.05) is 22.9 Å². The number of rotatable bonds is 3. The molecule has 0 spiro atoms. The van der Waals surface area contributed by atoms with Crippen molar-refractivity contribution in [2.75, 3.05) is 19.0 Å². The van der Waals surface area contributed by atoms with E-state index in [4.69, 9.17) is 4.74 Å². The Hall–Kier alpha value is -0.390. The first-order valence-electron chi connectivity index (χ1n) is 4.97. The van der Waals surface area contributed by atoms with Crippen molar-refractivity contribution in [2.45, 2.75) is 11.8 Å². The van der Waals surface area contributed by atoms with Gasteiger partial charge in [0.25, 0.3) is 0 Å². The summed E-state index contributed by atoms with van der Waals surface area (Å²) in [5.41, 5.74) is -0.216. The molecule has 0 aliphatic carbocycles. The molecule has 1 heterocycles. The molecule has 1 aliphatic rings. The van der Waals surface area contributed by atoms with Gasteiger partial charge < -0.3 is 4.74 Å². The van der Waals surface area contributed by atoms with Gasteiger partial charge in [0.2, 0.25) is 0 Å². The lowest BCUT2D eigenvalue weighted by Crippen LogP contribution is -2.45. The van der Waals surface area contributed by atoms with Gasteiger partial charge in [0.15, 0.2) is 9.84 Å². The molecule has 0 atom stereocenters. The number of benzene rings is 1. The topological polar surface area (TPSA) is 43.4 Å². The number of sulfone groups is 1. The van der Waals surface area contributed by atoms with Crippen LogP contribution in [-0.2, 0) is 14.6 Å². The summed E-state index contributed by atoms with van der Waals surface area (Å²) < 4.78 is 30.1. The maximum Gasteiger partial charge on any atom is 0.179 e. The van der Waals surface area contributed by atoms with E-state index >= 15 is 0 Å². The molecule has 2 rings (SSSR count). The number of hydrogen-bond acceptors (Lipinski definition) is 3. The molecule has 0 radical (unpaired) electrons. The molecule has 0 N–H and O–H groups in total. The second kappa shape index (κ2) is 4.13. The molecule has 3 nitrogen and oxygen atoms in total. The van der Waals surface area contributed by atoms with E-state index in [0.717, 1.165) is 4.47 Å². The van der Waals surface area contributed by atoms with E-state index in [2.05, 4.69) is 15.9 Å². The summed E-state index contributed by atoms with van der Waals surface area (Å²) in [5, 5.41) is 0. The summed E-state index contributed by atoms with van der Waals surface area (Å²) in [4.78, 5) is 0.379. The smallest absolute Gasteiger partial charge is 0.179 e. The van der Waals surface area contributed by atoms with Crippen LogP contribution in [0.5, 0.6) is 0 Å². The first-order valence-corrected chi connectivity index (χ1v) is 7.42. The Kier molecular flexibility index (Phi) is 3.11. The van der Waals surface area contributed by atoms with E-state index in [-0.39, 0.29) is 11.2 Å². The van der Waals surface area contributed by atoms with Crippen LogP contribution in [0.25, 0.3) is 0 Å². The molecule has 1 saturated heterocycles. The second-order valence-corrected chi connectivity index (χ2v) is 7.42. The van der Waals surface area contributed by atoms with Crippen molar-refractivity contribution in [3.8, 4) is 0 Å². The Balaban J connectivity index is 2.22. The van der Waals surface area contributed by atoms with Crippen LogP contribution < -0.4 is 0 Å². The molecule has 5 heteroatoms. The molecule has 16 heavy (non-hydrogen) atoms. The fourth-order valence-corrected chi connectivity index (χ4v) is 3.78. The van der Waals surface area contributed by atoms with Crippen molar-refractivity contribution in [3.63, 3.8) is 0 Å². The van der Waals surface area contributed by atoms with Gasteiger partial charge in [-0.25, -0.2) is 8.42 Å². The van der Waals surface area contributed by atoms with Gasteiger partial charge in [-0.3, -0.25) is 0 Å². The first-order chi connectivity index (χ1) is 7.41. The van der Waals surface area contributed by atoms with Crippen LogP contribution in [0.3, 0.4) is 0 Å². The normalized spacial score (nSPS) is 19.1. The third kappa shape index (κ3) is 2.47. The van der Waals surface area contributed by atoms with Crippen LogP contribution in [0.15, 0.2) is 33.6 Å². The van der Waals surface area contributed by atoms with Crippen LogP contribution in [0.4, 0.5) is 0 Å². The van der Waals surface area contributed by atoms with Gasteiger partial charge in [-0.2, -0.15) is 0 Å². The average molecular weight is 305 g/mol. The Labute approximate surface area is 104 Å². The second-order valence-electron chi connectivity index (χ2n) is 4.52. The van der Waals surface area contributed by atoms with Crippen LogP contribution in [0.2, 0.25) is 0 Å². The third-order valence-corrected chi connectivity index (χ3v) is 5.21. The van der Waals surface area contributed by atoms with Crippen LogP contribution in [-0.4, -0.2) is 27.4 Å². The van der Waals surface area contributed by atoms with Gasteiger partial charge in [-0.15, -0.1) is 0 Å². The van der Waals surface area contributed by atoms with Crippen molar-refractivity contribution < 1.29 is 13.2 Å². The standard InChI is InChI=1S/C11H13BrO3S/c1-11(6-15-7-11)8-16(13,14)10-4-2-9(12)3-5-10/h2-5H,6-8H2,1H3. The minimum absolute atomic E-state index is 0.154. The molecule has 1 fully saturated rings. The molecule has 88 valence electrons. The van der Waals surface area contributed by atoms with Crippen molar-refractivity contribution >= 4 is 25.8 Å². The SMILES string of the molecule is CC1(CS(=O)(=O)c2ccc(Br)cc2)COC1. The molecule has 0 amide bonds. The van der Waals surface area contributed by atoms with E-state index in [1.807, 2.05) is 6.92 Å². The Bertz CT molecular complexity index is 474. The molecule has 1 aromatic carbocycles. The quantitative estimate of drug-likeness (QED) is 0.860. The van der Waals surface area contributed by atoms with E-state index in [0.29, 0.717) is 18.1 Å². The zero-order chi connectivity index (χ0) is 11.8. The highest BCUT2D eigenvalue weighted by Gasteiger charge is 2.38. The minimum Gasteiger partial charge on any atom is -0.380 e. The molecular formula is C11H13BrO3S. The molecule has 0 saturated carbocycles. The maximum absolute atomic E-state index is 12.1. The summed E-state index contributed by atoms with van der Waals surface area (Å²) in [7, 11) is -3.20. The van der Waals surface area contributed by atoms with E-state index in [9.17, 15) is 8.42 Å². The Morgan fingerprint density at radius 3 is 2.31 bits per heavy atom. The highest BCUT2D eigenvalue weighted by Crippen LogP contribution is 2.30. The molecule has 0 bridgehead atoms. The van der Waals surface area contributed by atoms with Gasteiger partial charge in [0.1, 0.15) is 0 Å².